The number of hydrogen-bond donors (Lipinski definition) is 0. The van der Waals surface area contributed by atoms with Crippen LogP contribution in [0, 0.1) is 27.7 Å². The van der Waals surface area contributed by atoms with E-state index in [-0.39, 0.29) is 0 Å². The van der Waals surface area contributed by atoms with Crippen LogP contribution in [0.15, 0.2) is 109 Å². The number of aryl methyl sites for hydroxylation is 4. The Bertz CT molecular complexity index is 2780. The van der Waals surface area contributed by atoms with Gasteiger partial charge in [0.15, 0.2) is 0 Å². The molecule has 224 valence electrons. The molecule has 0 atom stereocenters. The maximum absolute atomic E-state index is 6.81. The van der Waals surface area contributed by atoms with Crippen molar-refractivity contribution >= 4 is 76.5 Å². The number of benzene rings is 4. The molecule has 10 aromatic rings. The summed E-state index contributed by atoms with van der Waals surface area (Å²) < 4.78 is 11.4. The molecule has 0 saturated heterocycles. The van der Waals surface area contributed by atoms with Gasteiger partial charge < -0.3 is 13.5 Å². The quantitative estimate of drug-likeness (QED) is 0.145. The molecule has 0 aliphatic carbocycles. The second-order valence-electron chi connectivity index (χ2n) is 12.9. The van der Waals surface area contributed by atoms with E-state index < -0.39 is 0 Å². The monoisotopic (exact) mass is 606 g/mol. The predicted molar refractivity (Wildman–Crippen MR) is 194 cm³/mol. The Balaban J connectivity index is 1.24. The van der Waals surface area contributed by atoms with E-state index in [0.29, 0.717) is 0 Å². The van der Waals surface area contributed by atoms with Crippen molar-refractivity contribution in [2.45, 2.75) is 27.7 Å². The van der Waals surface area contributed by atoms with Gasteiger partial charge in [-0.05, 0) is 111 Å². The van der Waals surface area contributed by atoms with E-state index in [1.54, 1.807) is 0 Å². The Labute approximate surface area is 270 Å². The number of rotatable bonds is 2. The van der Waals surface area contributed by atoms with Gasteiger partial charge in [-0.3, -0.25) is 0 Å². The van der Waals surface area contributed by atoms with E-state index in [1.165, 1.54) is 43.7 Å². The molecule has 5 nitrogen and oxygen atoms in total. The first-order chi connectivity index (χ1) is 23.0. The minimum atomic E-state index is 0.793. The van der Waals surface area contributed by atoms with E-state index in [1.807, 2.05) is 0 Å². The molecule has 10 rings (SSSR count). The zero-order valence-electron chi connectivity index (χ0n) is 26.6. The Morgan fingerprint density at radius 3 is 1.40 bits per heavy atom. The molecule has 0 N–H and O–H groups in total. The lowest BCUT2D eigenvalue weighted by molar-refractivity contribution is 0.483. The van der Waals surface area contributed by atoms with Gasteiger partial charge in [-0.15, -0.1) is 0 Å². The summed E-state index contributed by atoms with van der Waals surface area (Å²) in [6.45, 7) is 8.74. The second-order valence-corrected chi connectivity index (χ2v) is 12.9. The van der Waals surface area contributed by atoms with Gasteiger partial charge in [0.2, 0.25) is 0 Å². The molecular formula is C42H30N4O. The van der Waals surface area contributed by atoms with E-state index in [2.05, 4.69) is 146 Å². The van der Waals surface area contributed by atoms with Crippen molar-refractivity contribution in [3.63, 3.8) is 0 Å². The van der Waals surface area contributed by atoms with Gasteiger partial charge in [-0.25, -0.2) is 9.97 Å². The van der Waals surface area contributed by atoms with Crippen molar-refractivity contribution in [2.75, 3.05) is 0 Å². The summed E-state index contributed by atoms with van der Waals surface area (Å²) in [6.07, 6.45) is 4.29. The van der Waals surface area contributed by atoms with Crippen LogP contribution in [0.3, 0.4) is 0 Å². The molecule has 0 radical (unpaired) electrons. The average molecular weight is 607 g/mol. The summed E-state index contributed by atoms with van der Waals surface area (Å²) in [5, 5.41) is 6.92. The molecule has 6 heterocycles. The second kappa shape index (κ2) is 9.30. The van der Waals surface area contributed by atoms with Crippen LogP contribution in [0.5, 0.6) is 11.5 Å². The minimum absolute atomic E-state index is 0.793. The molecule has 0 fully saturated rings. The van der Waals surface area contributed by atoms with Crippen LogP contribution in [0.2, 0.25) is 0 Å². The fraction of sp³-hybridized carbons (Fsp3) is 0.0952. The first-order valence-electron chi connectivity index (χ1n) is 16.1. The van der Waals surface area contributed by atoms with E-state index in [9.17, 15) is 0 Å². The third-order valence-electron chi connectivity index (χ3n) is 10.1. The summed E-state index contributed by atoms with van der Waals surface area (Å²) in [7, 11) is 0. The maximum atomic E-state index is 6.81. The van der Waals surface area contributed by atoms with Crippen molar-refractivity contribution < 1.29 is 4.74 Å². The topological polar surface area (TPSA) is 43.8 Å². The summed E-state index contributed by atoms with van der Waals surface area (Å²) in [6, 6.07) is 34.1. The Morgan fingerprint density at radius 1 is 0.489 bits per heavy atom. The molecule has 0 amide bonds. The van der Waals surface area contributed by atoms with Gasteiger partial charge in [-0.1, -0.05) is 36.4 Å². The largest absolute Gasteiger partial charge is 0.457 e. The van der Waals surface area contributed by atoms with Crippen molar-refractivity contribution in [1.29, 1.82) is 0 Å². The molecule has 0 saturated carbocycles. The highest BCUT2D eigenvalue weighted by Gasteiger charge is 2.19. The Hall–Kier alpha value is -5.94. The van der Waals surface area contributed by atoms with Gasteiger partial charge >= 0.3 is 0 Å². The minimum Gasteiger partial charge on any atom is -0.457 e. The molecule has 0 unspecified atom stereocenters. The number of para-hydroxylation sites is 2. The third-order valence-corrected chi connectivity index (χ3v) is 10.1. The summed E-state index contributed by atoms with van der Waals surface area (Å²) in [5.41, 5.74) is 13.3. The molecular weight excluding hydrogens is 576 g/mol. The molecule has 6 aromatic heterocycles. The fourth-order valence-electron chi connectivity index (χ4n) is 8.07. The van der Waals surface area contributed by atoms with Gasteiger partial charge in [0.25, 0.3) is 0 Å². The highest BCUT2D eigenvalue weighted by molar-refractivity contribution is 6.17. The smallest absolute Gasteiger partial charge is 0.128 e. The number of pyridine rings is 4. The normalized spacial score (nSPS) is 12.3. The van der Waals surface area contributed by atoms with Crippen LogP contribution in [0.25, 0.3) is 76.5 Å². The van der Waals surface area contributed by atoms with Crippen molar-refractivity contribution in [3.05, 3.63) is 132 Å². The molecule has 0 aliphatic heterocycles. The fourth-order valence-corrected chi connectivity index (χ4v) is 8.07. The molecule has 47 heavy (non-hydrogen) atoms. The zero-order valence-corrected chi connectivity index (χ0v) is 26.6. The Kier molecular flexibility index (Phi) is 5.20. The highest BCUT2D eigenvalue weighted by Crippen LogP contribution is 2.41. The summed E-state index contributed by atoms with van der Waals surface area (Å²) in [5.74, 6) is 1.59. The van der Waals surface area contributed by atoms with E-state index >= 15 is 0 Å². The van der Waals surface area contributed by atoms with Crippen LogP contribution in [0.1, 0.15) is 22.3 Å². The number of nitrogens with zero attached hydrogens (tertiary/aromatic N) is 4. The van der Waals surface area contributed by atoms with Crippen molar-refractivity contribution in [1.82, 2.24) is 18.8 Å². The maximum Gasteiger partial charge on any atom is 0.128 e. The number of ether oxygens (including phenoxy) is 1. The lowest BCUT2D eigenvalue weighted by Crippen LogP contribution is -1.99. The van der Waals surface area contributed by atoms with Crippen molar-refractivity contribution in [3.8, 4) is 11.5 Å². The van der Waals surface area contributed by atoms with Gasteiger partial charge in [0, 0.05) is 44.7 Å². The van der Waals surface area contributed by atoms with E-state index in [4.69, 9.17) is 14.7 Å². The average Bonchev–Trinajstić information content (AvgIpc) is 3.75. The SMILES string of the molecule is Cc1cc(Oc2cc(C)c3c(c2)c2nc4ccccc4c(C)c2n2cccc32)cc2c3nc4ccccc4c(C)c3n3cccc3c12. The van der Waals surface area contributed by atoms with E-state index in [0.717, 1.165) is 66.5 Å². The first-order valence-corrected chi connectivity index (χ1v) is 16.1. The summed E-state index contributed by atoms with van der Waals surface area (Å²) >= 11 is 0. The molecule has 4 aromatic carbocycles. The van der Waals surface area contributed by atoms with Crippen LogP contribution in [-0.4, -0.2) is 18.8 Å². The standard InChI is InChI=1S/C42H30N4O/c1-23-19-27(21-31-37(23)35-15-9-17-45(35)41-25(3)29-11-5-7-13-33(29)43-39(31)41)47-28-20-24(2)38-32(22-28)40-42(46-18-10-16-36(38)46)26(4)30-12-6-8-14-34(30)44-40/h5-22H,1-4H3. The third kappa shape index (κ3) is 3.54. The van der Waals surface area contributed by atoms with Crippen LogP contribution in [-0.2, 0) is 0 Å². The number of hydrogen-bond acceptors (Lipinski definition) is 3. The van der Waals surface area contributed by atoms with Gasteiger partial charge in [-0.2, -0.15) is 0 Å². The zero-order chi connectivity index (χ0) is 31.6. The molecule has 5 heteroatoms. The summed E-state index contributed by atoms with van der Waals surface area (Å²) in [4.78, 5) is 10.5. The molecule has 0 aliphatic rings. The number of fused-ring (bicyclic) bond motifs is 14. The van der Waals surface area contributed by atoms with Gasteiger partial charge in [0.1, 0.15) is 11.5 Å². The predicted octanol–water partition coefficient (Wildman–Crippen LogP) is 10.9. The van der Waals surface area contributed by atoms with Crippen molar-refractivity contribution in [2.24, 2.45) is 0 Å². The lowest BCUT2D eigenvalue weighted by atomic mass is 9.99. The van der Waals surface area contributed by atoms with Crippen LogP contribution in [0.4, 0.5) is 0 Å². The Morgan fingerprint density at radius 2 is 0.936 bits per heavy atom. The van der Waals surface area contributed by atoms with Gasteiger partial charge in [0.05, 0.1) is 44.1 Å². The van der Waals surface area contributed by atoms with Crippen LogP contribution >= 0.6 is 0 Å². The molecule has 0 bridgehead atoms. The number of aromatic nitrogens is 4. The highest BCUT2D eigenvalue weighted by atomic mass is 16.5. The van der Waals surface area contributed by atoms with Crippen LogP contribution < -0.4 is 4.74 Å². The lowest BCUT2D eigenvalue weighted by Gasteiger charge is -2.17. The molecule has 0 spiro atoms. The first kappa shape index (κ1) is 26.3.